The Bertz CT molecular complexity index is 808. The van der Waals surface area contributed by atoms with Crippen molar-refractivity contribution in [3.63, 3.8) is 0 Å². The first-order chi connectivity index (χ1) is 11.6. The Balaban J connectivity index is 2.02. The van der Waals surface area contributed by atoms with Gasteiger partial charge in [0.15, 0.2) is 0 Å². The maximum atomic E-state index is 9.23. The van der Waals surface area contributed by atoms with Gasteiger partial charge in [-0.3, -0.25) is 0 Å². The van der Waals surface area contributed by atoms with E-state index in [1.54, 1.807) is 0 Å². The van der Waals surface area contributed by atoms with Crippen molar-refractivity contribution in [3.8, 4) is 6.19 Å². The van der Waals surface area contributed by atoms with E-state index in [2.05, 4.69) is 29.8 Å². The lowest BCUT2D eigenvalue weighted by Crippen LogP contribution is -2.28. The van der Waals surface area contributed by atoms with Crippen LogP contribution in [0.15, 0.2) is 59.1 Å². The fourth-order valence-electron chi connectivity index (χ4n) is 4.12. The summed E-state index contributed by atoms with van der Waals surface area (Å²) in [7, 11) is 0. The van der Waals surface area contributed by atoms with E-state index in [9.17, 15) is 5.26 Å². The summed E-state index contributed by atoms with van der Waals surface area (Å²) < 4.78 is 0. The highest BCUT2D eigenvalue weighted by atomic mass is 35.5. The van der Waals surface area contributed by atoms with Crippen LogP contribution in [0, 0.1) is 16.9 Å². The molecule has 0 fully saturated rings. The standard InChI is InChI=1S/C21H21ClN2/c1-3-5-16-9-11-21(10-8-15(16)4-2)13-17-6-7-18(22)12-19(17)20(21)24-14-23/h3-7,12H,2,8-11,13H2,1H3/b5-3-,24-20?. The SMILES string of the molecule is C=CC1=C(/C=C\C)CCC2(CC1)Cc1ccc(Cl)cc1C2=NC#N. The topological polar surface area (TPSA) is 36.1 Å². The predicted octanol–water partition coefficient (Wildman–Crippen LogP) is 5.79. The lowest BCUT2D eigenvalue weighted by Gasteiger charge is -2.28. The number of halogens is 1. The van der Waals surface area contributed by atoms with Crippen molar-refractivity contribution in [1.82, 2.24) is 0 Å². The van der Waals surface area contributed by atoms with Crippen LogP contribution in [0.4, 0.5) is 0 Å². The summed E-state index contributed by atoms with van der Waals surface area (Å²) in [4.78, 5) is 4.25. The zero-order chi connectivity index (χ0) is 17.2. The van der Waals surface area contributed by atoms with E-state index >= 15 is 0 Å². The van der Waals surface area contributed by atoms with Crippen molar-refractivity contribution in [2.24, 2.45) is 10.4 Å². The van der Waals surface area contributed by atoms with Gasteiger partial charge in [-0.2, -0.15) is 10.3 Å². The molecule has 0 saturated heterocycles. The maximum absolute atomic E-state index is 9.23. The van der Waals surface area contributed by atoms with Gasteiger partial charge in [0.2, 0.25) is 6.19 Å². The minimum absolute atomic E-state index is 0.0691. The minimum atomic E-state index is -0.0691. The average molecular weight is 337 g/mol. The molecule has 0 heterocycles. The van der Waals surface area contributed by atoms with Crippen molar-refractivity contribution in [3.05, 3.63) is 70.3 Å². The van der Waals surface area contributed by atoms with E-state index in [0.717, 1.165) is 43.4 Å². The first-order valence-electron chi connectivity index (χ1n) is 8.37. The molecule has 24 heavy (non-hydrogen) atoms. The Morgan fingerprint density at radius 2 is 2.04 bits per heavy atom. The Hall–Kier alpha value is -2.11. The van der Waals surface area contributed by atoms with Crippen molar-refractivity contribution < 1.29 is 0 Å². The summed E-state index contributed by atoms with van der Waals surface area (Å²) in [5.41, 5.74) is 5.83. The molecule has 0 saturated carbocycles. The van der Waals surface area contributed by atoms with E-state index in [1.807, 2.05) is 31.3 Å². The molecule has 3 rings (SSSR count). The first kappa shape index (κ1) is 16.7. The average Bonchev–Trinajstić information content (AvgIpc) is 2.75. The molecule has 0 aromatic heterocycles. The molecule has 1 aromatic rings. The van der Waals surface area contributed by atoms with Gasteiger partial charge in [-0.05, 0) is 67.9 Å². The predicted molar refractivity (Wildman–Crippen MR) is 100 cm³/mol. The van der Waals surface area contributed by atoms with Crippen molar-refractivity contribution in [2.45, 2.75) is 39.0 Å². The largest absolute Gasteiger partial charge is 0.205 e. The first-order valence-corrected chi connectivity index (χ1v) is 8.74. The highest BCUT2D eigenvalue weighted by molar-refractivity contribution is 6.31. The number of benzene rings is 1. The Kier molecular flexibility index (Phi) is 4.73. The highest BCUT2D eigenvalue weighted by Crippen LogP contribution is 2.48. The lowest BCUT2D eigenvalue weighted by atomic mass is 9.75. The van der Waals surface area contributed by atoms with Crippen LogP contribution < -0.4 is 0 Å². The van der Waals surface area contributed by atoms with Gasteiger partial charge in [0.1, 0.15) is 0 Å². The normalized spacial score (nSPS) is 25.1. The Morgan fingerprint density at radius 3 is 2.71 bits per heavy atom. The zero-order valence-electron chi connectivity index (χ0n) is 14.0. The molecule has 2 nitrogen and oxygen atoms in total. The lowest BCUT2D eigenvalue weighted by molar-refractivity contribution is 0.376. The molecule has 3 heteroatoms. The molecule has 0 radical (unpaired) electrons. The van der Waals surface area contributed by atoms with E-state index in [0.29, 0.717) is 5.02 Å². The molecule has 1 aromatic carbocycles. The van der Waals surface area contributed by atoms with E-state index in [1.165, 1.54) is 16.7 Å². The third kappa shape index (κ3) is 2.85. The molecule has 122 valence electrons. The van der Waals surface area contributed by atoms with Gasteiger partial charge >= 0.3 is 0 Å². The smallest absolute Gasteiger partial charge is 0.177 e. The van der Waals surface area contributed by atoms with Gasteiger partial charge in [0, 0.05) is 16.0 Å². The van der Waals surface area contributed by atoms with Crippen molar-refractivity contribution >= 4 is 17.3 Å². The zero-order valence-corrected chi connectivity index (χ0v) is 14.7. The van der Waals surface area contributed by atoms with Crippen LogP contribution in [0.25, 0.3) is 0 Å². The number of hydrogen-bond donors (Lipinski definition) is 0. The van der Waals surface area contributed by atoms with Gasteiger partial charge in [0.25, 0.3) is 0 Å². The molecular formula is C21H21ClN2. The second-order valence-electron chi connectivity index (χ2n) is 6.57. The summed E-state index contributed by atoms with van der Waals surface area (Å²) in [5, 5.41) is 9.93. The number of allylic oxidation sites excluding steroid dienone is 5. The van der Waals surface area contributed by atoms with Gasteiger partial charge in [0.05, 0.1) is 5.71 Å². The molecule has 1 atom stereocenters. The Labute approximate surface area is 148 Å². The van der Waals surface area contributed by atoms with E-state index in [-0.39, 0.29) is 5.41 Å². The molecule has 0 bridgehead atoms. The Morgan fingerprint density at radius 1 is 1.29 bits per heavy atom. The summed E-state index contributed by atoms with van der Waals surface area (Å²) in [6.07, 6.45) is 13.2. The second kappa shape index (κ2) is 6.79. The molecule has 2 aliphatic carbocycles. The third-order valence-corrected chi connectivity index (χ3v) is 5.53. The van der Waals surface area contributed by atoms with Crippen LogP contribution in [-0.4, -0.2) is 5.71 Å². The molecule has 1 unspecified atom stereocenters. The van der Waals surface area contributed by atoms with Gasteiger partial charge in [-0.15, -0.1) is 0 Å². The van der Waals surface area contributed by atoms with Crippen LogP contribution in [-0.2, 0) is 6.42 Å². The number of hydrogen-bond acceptors (Lipinski definition) is 2. The van der Waals surface area contributed by atoms with Crippen LogP contribution in [0.3, 0.4) is 0 Å². The van der Waals surface area contributed by atoms with Crippen LogP contribution >= 0.6 is 11.6 Å². The number of nitriles is 1. The minimum Gasteiger partial charge on any atom is -0.177 e. The maximum Gasteiger partial charge on any atom is 0.205 e. The van der Waals surface area contributed by atoms with E-state index < -0.39 is 0 Å². The molecule has 0 aliphatic heterocycles. The molecule has 2 aliphatic rings. The quantitative estimate of drug-likeness (QED) is 0.630. The van der Waals surface area contributed by atoms with Gasteiger partial charge < -0.3 is 0 Å². The molecule has 1 spiro atoms. The number of aliphatic imine (C=N–C) groups is 1. The van der Waals surface area contributed by atoms with Gasteiger partial charge in [-0.25, -0.2) is 0 Å². The van der Waals surface area contributed by atoms with Crippen LogP contribution in [0.2, 0.25) is 5.02 Å². The summed E-state index contributed by atoms with van der Waals surface area (Å²) in [6.45, 7) is 6.03. The molecular weight excluding hydrogens is 316 g/mol. The summed E-state index contributed by atoms with van der Waals surface area (Å²) in [5.74, 6) is 0. The molecule has 0 N–H and O–H groups in total. The van der Waals surface area contributed by atoms with Crippen molar-refractivity contribution in [1.29, 1.82) is 5.26 Å². The summed E-state index contributed by atoms with van der Waals surface area (Å²) >= 11 is 6.19. The highest BCUT2D eigenvalue weighted by Gasteiger charge is 2.44. The summed E-state index contributed by atoms with van der Waals surface area (Å²) in [6, 6.07) is 5.97. The van der Waals surface area contributed by atoms with Crippen molar-refractivity contribution in [2.75, 3.05) is 0 Å². The van der Waals surface area contributed by atoms with E-state index in [4.69, 9.17) is 11.6 Å². The molecule has 0 amide bonds. The van der Waals surface area contributed by atoms with Crippen LogP contribution in [0.5, 0.6) is 0 Å². The second-order valence-corrected chi connectivity index (χ2v) is 7.01. The monoisotopic (exact) mass is 336 g/mol. The number of fused-ring (bicyclic) bond motifs is 1. The fraction of sp³-hybridized carbons (Fsp3) is 0.333. The number of rotatable bonds is 2. The number of nitrogens with zero attached hydrogens (tertiary/aromatic N) is 2. The van der Waals surface area contributed by atoms with Crippen LogP contribution in [0.1, 0.15) is 43.7 Å². The third-order valence-electron chi connectivity index (χ3n) is 5.29. The fourth-order valence-corrected chi connectivity index (χ4v) is 4.29. The van der Waals surface area contributed by atoms with Gasteiger partial charge in [-0.1, -0.05) is 42.5 Å².